The zero-order chi connectivity index (χ0) is 16.4. The SMILES string of the molecule is CN(C(=O)CCCc1nc2ccccc2o1)[C@H]1CCS(=O)(=O)C1. The van der Waals surface area contributed by atoms with E-state index in [0.717, 1.165) is 11.1 Å². The van der Waals surface area contributed by atoms with E-state index in [2.05, 4.69) is 4.98 Å². The maximum absolute atomic E-state index is 12.2. The number of carbonyl (C=O) groups excluding carboxylic acids is 1. The number of benzene rings is 1. The average Bonchev–Trinajstić information content (AvgIpc) is 3.08. The quantitative estimate of drug-likeness (QED) is 0.831. The van der Waals surface area contributed by atoms with Crippen LogP contribution in [0, 0.1) is 0 Å². The fourth-order valence-electron chi connectivity index (χ4n) is 2.88. The summed E-state index contributed by atoms with van der Waals surface area (Å²) in [6.45, 7) is 0. The van der Waals surface area contributed by atoms with E-state index in [0.29, 0.717) is 31.6 Å². The van der Waals surface area contributed by atoms with Crippen molar-refractivity contribution in [3.05, 3.63) is 30.2 Å². The minimum atomic E-state index is -2.97. The summed E-state index contributed by atoms with van der Waals surface area (Å²) >= 11 is 0. The Balaban J connectivity index is 1.51. The fourth-order valence-corrected chi connectivity index (χ4v) is 4.65. The summed E-state index contributed by atoms with van der Waals surface area (Å²) in [6.07, 6.45) is 2.13. The van der Waals surface area contributed by atoms with E-state index in [1.54, 1.807) is 11.9 Å². The maximum Gasteiger partial charge on any atom is 0.222 e. The molecule has 1 fully saturated rings. The molecule has 0 aliphatic carbocycles. The van der Waals surface area contributed by atoms with E-state index >= 15 is 0 Å². The van der Waals surface area contributed by atoms with E-state index in [1.165, 1.54) is 0 Å². The number of carbonyl (C=O) groups is 1. The topological polar surface area (TPSA) is 80.5 Å². The number of aromatic nitrogens is 1. The number of amides is 1. The Morgan fingerprint density at radius 2 is 2.17 bits per heavy atom. The largest absolute Gasteiger partial charge is 0.441 e. The van der Waals surface area contributed by atoms with E-state index in [1.807, 2.05) is 24.3 Å². The van der Waals surface area contributed by atoms with E-state index in [4.69, 9.17) is 4.42 Å². The number of hydrogen-bond donors (Lipinski definition) is 0. The number of nitrogens with zero attached hydrogens (tertiary/aromatic N) is 2. The van der Waals surface area contributed by atoms with E-state index in [-0.39, 0.29) is 23.5 Å². The molecule has 0 spiro atoms. The zero-order valence-corrected chi connectivity index (χ0v) is 13.9. The fraction of sp³-hybridized carbons (Fsp3) is 0.500. The first-order valence-electron chi connectivity index (χ1n) is 7.75. The van der Waals surface area contributed by atoms with Crippen molar-refractivity contribution in [2.45, 2.75) is 31.7 Å². The van der Waals surface area contributed by atoms with Gasteiger partial charge in [0.15, 0.2) is 21.3 Å². The van der Waals surface area contributed by atoms with Crippen molar-refractivity contribution in [3.8, 4) is 0 Å². The first-order valence-corrected chi connectivity index (χ1v) is 9.57. The molecule has 6 nitrogen and oxygen atoms in total. The van der Waals surface area contributed by atoms with Crippen LogP contribution in [-0.4, -0.2) is 48.8 Å². The van der Waals surface area contributed by atoms with Gasteiger partial charge in [0.2, 0.25) is 5.91 Å². The summed E-state index contributed by atoms with van der Waals surface area (Å²) in [5.41, 5.74) is 1.57. The van der Waals surface area contributed by atoms with Crippen molar-refractivity contribution < 1.29 is 17.6 Å². The molecule has 0 radical (unpaired) electrons. The Kier molecular flexibility index (Phi) is 4.39. The van der Waals surface area contributed by atoms with Crippen LogP contribution in [0.15, 0.2) is 28.7 Å². The van der Waals surface area contributed by atoms with Crippen LogP contribution < -0.4 is 0 Å². The molecule has 1 saturated heterocycles. The minimum absolute atomic E-state index is 0.0248. The molecule has 124 valence electrons. The first kappa shape index (κ1) is 16.0. The molecular weight excluding hydrogens is 316 g/mol. The number of sulfone groups is 1. The van der Waals surface area contributed by atoms with Crippen LogP contribution in [0.4, 0.5) is 0 Å². The smallest absolute Gasteiger partial charge is 0.222 e. The molecule has 0 unspecified atom stereocenters. The lowest BCUT2D eigenvalue weighted by atomic mass is 10.2. The van der Waals surface area contributed by atoms with Gasteiger partial charge in [0.05, 0.1) is 11.5 Å². The summed E-state index contributed by atoms with van der Waals surface area (Å²) in [6, 6.07) is 7.37. The molecule has 1 aromatic heterocycles. The third-order valence-corrected chi connectivity index (χ3v) is 6.02. The second-order valence-electron chi connectivity index (χ2n) is 5.99. The Morgan fingerprint density at radius 3 is 2.87 bits per heavy atom. The zero-order valence-electron chi connectivity index (χ0n) is 13.1. The van der Waals surface area contributed by atoms with Crippen LogP contribution in [-0.2, 0) is 21.1 Å². The highest BCUT2D eigenvalue weighted by molar-refractivity contribution is 7.91. The summed E-state index contributed by atoms with van der Waals surface area (Å²) in [5.74, 6) is 0.867. The lowest BCUT2D eigenvalue weighted by molar-refractivity contribution is -0.131. The van der Waals surface area contributed by atoms with Gasteiger partial charge in [0, 0.05) is 25.9 Å². The van der Waals surface area contributed by atoms with Crippen molar-refractivity contribution in [1.82, 2.24) is 9.88 Å². The minimum Gasteiger partial charge on any atom is -0.441 e. The van der Waals surface area contributed by atoms with Crippen LogP contribution in [0.3, 0.4) is 0 Å². The Labute approximate surface area is 135 Å². The predicted molar refractivity (Wildman–Crippen MR) is 86.8 cm³/mol. The van der Waals surface area contributed by atoms with Crippen LogP contribution >= 0.6 is 0 Å². The molecular formula is C16H20N2O4S. The van der Waals surface area contributed by atoms with Gasteiger partial charge in [-0.05, 0) is 25.0 Å². The maximum atomic E-state index is 12.2. The molecule has 2 heterocycles. The van der Waals surface area contributed by atoms with Gasteiger partial charge in [0.25, 0.3) is 0 Å². The van der Waals surface area contributed by atoms with Gasteiger partial charge >= 0.3 is 0 Å². The number of rotatable bonds is 5. The molecule has 3 rings (SSSR count). The standard InChI is InChI=1S/C16H20N2O4S/c1-18(12-9-10-23(20,21)11-12)16(19)8-4-7-15-17-13-5-2-3-6-14(13)22-15/h2-3,5-6,12H,4,7-11H2,1H3/t12-/m0/s1. The van der Waals surface area contributed by atoms with Crippen LogP contribution in [0.5, 0.6) is 0 Å². The number of aryl methyl sites for hydroxylation is 1. The molecule has 1 amide bonds. The van der Waals surface area contributed by atoms with Gasteiger partial charge in [-0.1, -0.05) is 12.1 Å². The molecule has 1 atom stereocenters. The van der Waals surface area contributed by atoms with Crippen molar-refractivity contribution in [2.24, 2.45) is 0 Å². The van der Waals surface area contributed by atoms with Crippen molar-refractivity contribution in [3.63, 3.8) is 0 Å². The number of fused-ring (bicyclic) bond motifs is 1. The molecule has 0 bridgehead atoms. The lowest BCUT2D eigenvalue weighted by Crippen LogP contribution is -2.37. The first-order chi connectivity index (χ1) is 10.9. The molecule has 0 N–H and O–H groups in total. The number of hydrogen-bond acceptors (Lipinski definition) is 5. The average molecular weight is 336 g/mol. The Hall–Kier alpha value is -1.89. The van der Waals surface area contributed by atoms with Crippen molar-refractivity contribution in [2.75, 3.05) is 18.6 Å². The van der Waals surface area contributed by atoms with Gasteiger partial charge in [-0.2, -0.15) is 0 Å². The number of para-hydroxylation sites is 2. The predicted octanol–water partition coefficient (Wildman–Crippen LogP) is 1.80. The highest BCUT2D eigenvalue weighted by Gasteiger charge is 2.32. The van der Waals surface area contributed by atoms with Gasteiger partial charge in [-0.15, -0.1) is 0 Å². The second kappa shape index (κ2) is 6.31. The van der Waals surface area contributed by atoms with Gasteiger partial charge in [-0.3, -0.25) is 4.79 Å². The highest BCUT2D eigenvalue weighted by atomic mass is 32.2. The summed E-state index contributed by atoms with van der Waals surface area (Å²) < 4.78 is 28.6. The molecule has 7 heteroatoms. The summed E-state index contributed by atoms with van der Waals surface area (Å²) in [7, 11) is -1.28. The van der Waals surface area contributed by atoms with E-state index in [9.17, 15) is 13.2 Å². The lowest BCUT2D eigenvalue weighted by Gasteiger charge is -2.23. The third-order valence-electron chi connectivity index (χ3n) is 4.27. The van der Waals surface area contributed by atoms with E-state index < -0.39 is 9.84 Å². The Bertz CT molecular complexity index is 779. The monoisotopic (exact) mass is 336 g/mol. The second-order valence-corrected chi connectivity index (χ2v) is 8.22. The van der Waals surface area contributed by atoms with Crippen LogP contribution in [0.2, 0.25) is 0 Å². The molecule has 0 saturated carbocycles. The van der Waals surface area contributed by atoms with Gasteiger partial charge in [-0.25, -0.2) is 13.4 Å². The summed E-state index contributed by atoms with van der Waals surface area (Å²) in [5, 5.41) is 0. The molecule has 1 aromatic carbocycles. The molecule has 1 aliphatic heterocycles. The van der Waals surface area contributed by atoms with Crippen molar-refractivity contribution >= 4 is 26.8 Å². The van der Waals surface area contributed by atoms with Crippen LogP contribution in [0.25, 0.3) is 11.1 Å². The molecule has 1 aliphatic rings. The highest BCUT2D eigenvalue weighted by Crippen LogP contribution is 2.19. The summed E-state index contributed by atoms with van der Waals surface area (Å²) in [4.78, 5) is 18.1. The van der Waals surface area contributed by atoms with Gasteiger partial charge < -0.3 is 9.32 Å². The normalized spacial score (nSPS) is 20.0. The van der Waals surface area contributed by atoms with Gasteiger partial charge in [0.1, 0.15) is 5.52 Å². The third kappa shape index (κ3) is 3.72. The van der Waals surface area contributed by atoms with Crippen LogP contribution in [0.1, 0.15) is 25.2 Å². The number of oxazole rings is 1. The molecule has 23 heavy (non-hydrogen) atoms. The Morgan fingerprint density at radius 1 is 1.39 bits per heavy atom. The van der Waals surface area contributed by atoms with Crippen molar-refractivity contribution in [1.29, 1.82) is 0 Å². The molecule has 2 aromatic rings.